The van der Waals surface area contributed by atoms with Crippen molar-refractivity contribution < 1.29 is 19.1 Å². The Balaban J connectivity index is 1.41. The molecule has 0 saturated heterocycles. The van der Waals surface area contributed by atoms with Gasteiger partial charge < -0.3 is 14.0 Å². The summed E-state index contributed by atoms with van der Waals surface area (Å²) >= 11 is 1.52. The quantitative estimate of drug-likeness (QED) is 0.526. The predicted octanol–water partition coefficient (Wildman–Crippen LogP) is 3.97. The molecule has 3 aromatic rings. The van der Waals surface area contributed by atoms with Crippen LogP contribution in [0.1, 0.15) is 34.4 Å². The number of carbonyl (C=O) groups is 2. The topological polar surface area (TPSA) is 70.4 Å². The summed E-state index contributed by atoms with van der Waals surface area (Å²) in [5.41, 5.74) is 1.67. The Morgan fingerprint density at radius 1 is 1.24 bits per heavy atom. The summed E-state index contributed by atoms with van der Waals surface area (Å²) in [6.45, 7) is 1.06. The van der Waals surface area contributed by atoms with Crippen LogP contribution in [0.4, 0.5) is 0 Å². The molecule has 0 fully saturated rings. The number of thiazole rings is 1. The summed E-state index contributed by atoms with van der Waals surface area (Å²) in [4.78, 5) is 30.3. The Bertz CT molecular complexity index is 1010. The first-order valence-electron chi connectivity index (χ1n) is 9.55. The molecule has 0 radical (unpaired) electrons. The third-order valence-corrected chi connectivity index (χ3v) is 6.04. The molecule has 0 saturated carbocycles. The zero-order chi connectivity index (χ0) is 20.2. The van der Waals surface area contributed by atoms with Crippen molar-refractivity contribution in [2.24, 2.45) is 0 Å². The molecular weight excluding hydrogens is 388 g/mol. The minimum atomic E-state index is -0.284. The Hall–Kier alpha value is -2.77. The molecule has 3 heterocycles. The number of benzene rings is 1. The third kappa shape index (κ3) is 4.31. The van der Waals surface area contributed by atoms with E-state index in [9.17, 15) is 9.59 Å². The van der Waals surface area contributed by atoms with Gasteiger partial charge in [-0.3, -0.25) is 9.59 Å². The second kappa shape index (κ2) is 8.71. The van der Waals surface area contributed by atoms with Gasteiger partial charge in [0.25, 0.3) is 0 Å². The highest BCUT2D eigenvalue weighted by Gasteiger charge is 2.29. The molecule has 0 aliphatic carbocycles. The normalized spacial score (nSPS) is 15.9. The smallest absolute Gasteiger partial charge is 0.179 e. The fourth-order valence-corrected chi connectivity index (χ4v) is 4.44. The molecule has 0 N–H and O–H groups in total. The van der Waals surface area contributed by atoms with Crippen molar-refractivity contribution in [3.8, 4) is 16.2 Å². The van der Waals surface area contributed by atoms with Gasteiger partial charge in [0, 0.05) is 25.9 Å². The van der Waals surface area contributed by atoms with E-state index in [-0.39, 0.29) is 24.0 Å². The van der Waals surface area contributed by atoms with Gasteiger partial charge in [0.1, 0.15) is 17.4 Å². The second-order valence-electron chi connectivity index (χ2n) is 6.91. The van der Waals surface area contributed by atoms with Crippen LogP contribution in [0.25, 0.3) is 10.4 Å². The molecule has 1 aromatic carbocycles. The monoisotopic (exact) mass is 410 g/mol. The van der Waals surface area contributed by atoms with Crippen LogP contribution >= 0.6 is 11.3 Å². The molecule has 4 rings (SSSR count). The van der Waals surface area contributed by atoms with Crippen LogP contribution in [0.15, 0.2) is 48.8 Å². The number of nitrogens with zero attached hydrogens (tertiary/aromatic N) is 2. The van der Waals surface area contributed by atoms with E-state index >= 15 is 0 Å². The van der Waals surface area contributed by atoms with Gasteiger partial charge in [0.05, 0.1) is 29.6 Å². The number of ether oxygens (including phenoxy) is 2. The average molecular weight is 410 g/mol. The van der Waals surface area contributed by atoms with Crippen LogP contribution in [0, 0.1) is 0 Å². The molecule has 150 valence electrons. The van der Waals surface area contributed by atoms with Crippen LogP contribution in [-0.2, 0) is 16.0 Å². The Kier molecular flexibility index (Phi) is 5.87. The van der Waals surface area contributed by atoms with Crippen molar-refractivity contribution in [1.29, 1.82) is 0 Å². The summed E-state index contributed by atoms with van der Waals surface area (Å²) in [6.07, 6.45) is 4.88. The minimum absolute atomic E-state index is 0.0951. The van der Waals surface area contributed by atoms with Crippen molar-refractivity contribution >= 4 is 22.9 Å². The highest BCUT2D eigenvalue weighted by Crippen LogP contribution is 2.31. The molecule has 1 aliphatic rings. The maximum absolute atomic E-state index is 12.9. The Morgan fingerprint density at radius 3 is 2.86 bits per heavy atom. The fraction of sp³-hybridized carbons (Fsp3) is 0.318. The summed E-state index contributed by atoms with van der Waals surface area (Å²) in [5, 5.41) is 0.788. The van der Waals surface area contributed by atoms with Gasteiger partial charge in [0.2, 0.25) is 0 Å². The van der Waals surface area contributed by atoms with E-state index in [1.807, 2.05) is 41.1 Å². The van der Waals surface area contributed by atoms with Gasteiger partial charge in [-0.05, 0) is 48.4 Å². The van der Waals surface area contributed by atoms with E-state index in [0.717, 1.165) is 21.2 Å². The lowest BCUT2D eigenvalue weighted by atomic mass is 9.97. The number of carbonyl (C=O) groups excluding carboxylic acids is 2. The van der Waals surface area contributed by atoms with Gasteiger partial charge in [-0.25, -0.2) is 4.98 Å². The summed E-state index contributed by atoms with van der Waals surface area (Å²) in [7, 11) is 1.64. The highest BCUT2D eigenvalue weighted by molar-refractivity contribution is 7.15. The van der Waals surface area contributed by atoms with E-state index in [2.05, 4.69) is 4.98 Å². The molecule has 1 aliphatic heterocycles. The average Bonchev–Trinajstić information content (AvgIpc) is 3.39. The number of hydrogen-bond acceptors (Lipinski definition) is 6. The van der Waals surface area contributed by atoms with Gasteiger partial charge in [-0.1, -0.05) is 0 Å². The third-order valence-electron chi connectivity index (χ3n) is 4.99. The molecule has 6 nitrogen and oxygen atoms in total. The Labute approximate surface area is 173 Å². The lowest BCUT2D eigenvalue weighted by molar-refractivity contribution is -0.121. The first-order valence-corrected chi connectivity index (χ1v) is 10.4. The maximum Gasteiger partial charge on any atom is 0.179 e. The second-order valence-corrected chi connectivity index (χ2v) is 8.02. The SMILES string of the molecule is COCCOc1ccc(-c2cnc(CC(=O)C3CCC(=O)c4cccn43)s2)cc1. The number of hydrogen-bond donors (Lipinski definition) is 0. The number of methoxy groups -OCH3 is 1. The van der Waals surface area contributed by atoms with E-state index in [4.69, 9.17) is 9.47 Å². The zero-order valence-electron chi connectivity index (χ0n) is 16.2. The number of Topliss-reactive ketones (excluding diaryl/α,β-unsaturated/α-hetero) is 2. The molecule has 0 bridgehead atoms. The van der Waals surface area contributed by atoms with Crippen molar-refractivity contribution in [3.63, 3.8) is 0 Å². The van der Waals surface area contributed by atoms with Crippen LogP contribution in [0.3, 0.4) is 0 Å². The molecule has 1 unspecified atom stereocenters. The molecular formula is C22H22N2O4S. The fourth-order valence-electron chi connectivity index (χ4n) is 3.50. The van der Waals surface area contributed by atoms with Gasteiger partial charge in [-0.15, -0.1) is 11.3 Å². The number of fused-ring (bicyclic) bond motifs is 1. The molecule has 2 aromatic heterocycles. The van der Waals surface area contributed by atoms with E-state index in [0.29, 0.717) is 31.7 Å². The van der Waals surface area contributed by atoms with E-state index < -0.39 is 0 Å². The highest BCUT2D eigenvalue weighted by atomic mass is 32.1. The number of rotatable bonds is 8. The molecule has 0 spiro atoms. The van der Waals surface area contributed by atoms with Crippen LogP contribution < -0.4 is 4.74 Å². The van der Waals surface area contributed by atoms with Crippen LogP contribution in [0.2, 0.25) is 0 Å². The van der Waals surface area contributed by atoms with Crippen molar-refractivity contribution in [3.05, 3.63) is 59.5 Å². The molecule has 7 heteroatoms. The van der Waals surface area contributed by atoms with Gasteiger partial charge in [0.15, 0.2) is 11.6 Å². The number of aromatic nitrogens is 2. The lowest BCUT2D eigenvalue weighted by Gasteiger charge is -2.24. The molecule has 1 atom stereocenters. The zero-order valence-corrected chi connectivity index (χ0v) is 17.0. The Morgan fingerprint density at radius 2 is 2.07 bits per heavy atom. The predicted molar refractivity (Wildman–Crippen MR) is 111 cm³/mol. The van der Waals surface area contributed by atoms with Crippen molar-refractivity contribution in [2.75, 3.05) is 20.3 Å². The number of ketones is 2. The molecule has 29 heavy (non-hydrogen) atoms. The van der Waals surface area contributed by atoms with Crippen molar-refractivity contribution in [2.45, 2.75) is 25.3 Å². The van der Waals surface area contributed by atoms with Gasteiger partial charge >= 0.3 is 0 Å². The largest absolute Gasteiger partial charge is 0.491 e. The lowest BCUT2D eigenvalue weighted by Crippen LogP contribution is -2.28. The first kappa shape index (κ1) is 19.5. The van der Waals surface area contributed by atoms with Gasteiger partial charge in [-0.2, -0.15) is 0 Å². The minimum Gasteiger partial charge on any atom is -0.491 e. The maximum atomic E-state index is 12.9. The summed E-state index contributed by atoms with van der Waals surface area (Å²) < 4.78 is 12.4. The van der Waals surface area contributed by atoms with Crippen LogP contribution in [0.5, 0.6) is 5.75 Å². The van der Waals surface area contributed by atoms with Crippen LogP contribution in [-0.4, -0.2) is 41.4 Å². The molecule has 0 amide bonds. The summed E-state index contributed by atoms with van der Waals surface area (Å²) in [6, 6.07) is 11.1. The van der Waals surface area contributed by atoms with E-state index in [1.54, 1.807) is 19.4 Å². The standard InChI is InChI=1S/C22H22N2O4S/c1-27-11-12-28-16-6-4-15(5-7-16)21-14-23-22(29-21)13-20(26)18-8-9-19(25)17-3-2-10-24(17)18/h2-7,10,14,18H,8-9,11-13H2,1H3. The summed E-state index contributed by atoms with van der Waals surface area (Å²) in [5.74, 6) is 0.989. The first-order chi connectivity index (χ1) is 14.2. The van der Waals surface area contributed by atoms with E-state index in [1.165, 1.54) is 11.3 Å². The van der Waals surface area contributed by atoms with Crippen molar-refractivity contribution in [1.82, 2.24) is 9.55 Å².